The second-order valence-electron chi connectivity index (χ2n) is 6.72. The van der Waals surface area contributed by atoms with Crippen LogP contribution < -0.4 is 0 Å². The van der Waals surface area contributed by atoms with Gasteiger partial charge in [-0.2, -0.15) is 0 Å². The summed E-state index contributed by atoms with van der Waals surface area (Å²) >= 11 is 3.67. The number of aliphatic imine (C=N–C) groups is 1. The van der Waals surface area contributed by atoms with Crippen molar-refractivity contribution < 1.29 is 4.42 Å². The zero-order valence-electron chi connectivity index (χ0n) is 15.5. The first-order valence-corrected chi connectivity index (χ1v) is 9.87. The van der Waals surface area contributed by atoms with Crippen LogP contribution in [0.25, 0.3) is 17.1 Å². The highest BCUT2D eigenvalue weighted by Gasteiger charge is 2.28. The molecule has 0 spiro atoms. The first kappa shape index (κ1) is 17.7. The topological polar surface area (TPSA) is 56.2 Å². The maximum absolute atomic E-state index is 5.69. The van der Waals surface area contributed by atoms with Crippen molar-refractivity contribution in [1.82, 2.24) is 14.5 Å². The highest BCUT2D eigenvalue weighted by Crippen LogP contribution is 2.37. The zero-order valence-corrected chi connectivity index (χ0v) is 17.1. The van der Waals surface area contributed by atoms with Crippen molar-refractivity contribution in [3.05, 3.63) is 88.2 Å². The average Bonchev–Trinajstić information content (AvgIpc) is 3.39. The molecule has 1 atom stereocenters. The molecular weight excluding hydrogens is 428 g/mol. The van der Waals surface area contributed by atoms with Crippen LogP contribution in [-0.2, 0) is 0 Å². The van der Waals surface area contributed by atoms with E-state index in [1.54, 1.807) is 12.5 Å². The third kappa shape index (κ3) is 2.82. The van der Waals surface area contributed by atoms with Crippen LogP contribution in [0, 0.1) is 12.3 Å². The third-order valence-corrected chi connectivity index (χ3v) is 5.69. The lowest BCUT2D eigenvalue weighted by Gasteiger charge is -2.13. The van der Waals surface area contributed by atoms with E-state index in [1.807, 2.05) is 36.4 Å². The summed E-state index contributed by atoms with van der Waals surface area (Å²) in [7, 11) is 0. The predicted octanol–water partition coefficient (Wildman–Crippen LogP) is 5.18. The summed E-state index contributed by atoms with van der Waals surface area (Å²) in [5.41, 5.74) is 6.29. The van der Waals surface area contributed by atoms with Crippen molar-refractivity contribution in [3.63, 3.8) is 0 Å². The largest absolute Gasteiger partial charge is 0.442 e. The number of aromatic nitrogens is 3. The number of imidazole rings is 1. The number of hydrogen-bond donors (Lipinski definition) is 0. The molecule has 4 aromatic rings. The minimum absolute atomic E-state index is 0.165. The van der Waals surface area contributed by atoms with Crippen molar-refractivity contribution >= 4 is 21.6 Å². The fraction of sp³-hybridized carbons (Fsp3) is 0.0870. The van der Waals surface area contributed by atoms with Crippen molar-refractivity contribution in [3.8, 4) is 29.5 Å². The molecule has 0 fully saturated rings. The minimum Gasteiger partial charge on any atom is -0.442 e. The van der Waals surface area contributed by atoms with Gasteiger partial charge in [-0.3, -0.25) is 9.56 Å². The maximum atomic E-state index is 5.69. The van der Waals surface area contributed by atoms with Crippen molar-refractivity contribution in [2.75, 3.05) is 0 Å². The van der Waals surface area contributed by atoms with E-state index in [4.69, 9.17) is 15.8 Å². The van der Waals surface area contributed by atoms with Gasteiger partial charge in [-0.25, -0.2) is 9.97 Å². The molecule has 0 bridgehead atoms. The summed E-state index contributed by atoms with van der Waals surface area (Å²) in [5.74, 6) is 3.35. The number of fused-ring (bicyclic) bond motifs is 3. The zero-order chi connectivity index (χ0) is 20.0. The van der Waals surface area contributed by atoms with Crippen LogP contribution in [0.1, 0.15) is 35.3 Å². The molecule has 5 nitrogen and oxygen atoms in total. The van der Waals surface area contributed by atoms with Gasteiger partial charge in [-0.15, -0.1) is 6.42 Å². The lowest BCUT2D eigenvalue weighted by molar-refractivity contribution is 0.568. The summed E-state index contributed by atoms with van der Waals surface area (Å²) < 4.78 is 8.55. The Morgan fingerprint density at radius 1 is 1.17 bits per heavy atom. The Balaban J connectivity index is 1.83. The van der Waals surface area contributed by atoms with Gasteiger partial charge >= 0.3 is 0 Å². The molecule has 0 amide bonds. The van der Waals surface area contributed by atoms with Crippen LogP contribution in [0.3, 0.4) is 0 Å². The van der Waals surface area contributed by atoms with Gasteiger partial charge < -0.3 is 4.42 Å². The molecule has 1 aliphatic heterocycles. The second-order valence-corrected chi connectivity index (χ2v) is 7.58. The van der Waals surface area contributed by atoms with Gasteiger partial charge in [0.15, 0.2) is 12.2 Å². The Morgan fingerprint density at radius 3 is 2.79 bits per heavy atom. The molecule has 0 radical (unpaired) electrons. The van der Waals surface area contributed by atoms with Crippen LogP contribution in [-0.4, -0.2) is 20.2 Å². The summed E-state index contributed by atoms with van der Waals surface area (Å²) in [6.07, 6.45) is 10.6. The second kappa shape index (κ2) is 6.87. The van der Waals surface area contributed by atoms with Crippen molar-refractivity contribution in [2.45, 2.75) is 13.0 Å². The highest BCUT2D eigenvalue weighted by atomic mass is 79.9. The normalized spacial score (nSPS) is 15.1. The standard InChI is InChI=1S/C23H15BrN4O/c1-3-15-8-9-19-17(10-15)21(16-6-4-5-7-18(16)24)27-14(2)23-22(26-12-28(19)23)20-11-25-13-29-20/h1,4-14H,2H3/t14-/m0/s1. The van der Waals surface area contributed by atoms with Crippen LogP contribution in [0.2, 0.25) is 0 Å². The molecule has 0 saturated heterocycles. The van der Waals surface area contributed by atoms with Gasteiger partial charge in [0.2, 0.25) is 0 Å². The molecule has 2 aromatic heterocycles. The van der Waals surface area contributed by atoms with Gasteiger partial charge in [-0.05, 0) is 31.2 Å². The van der Waals surface area contributed by atoms with Gasteiger partial charge in [0.25, 0.3) is 0 Å². The van der Waals surface area contributed by atoms with Gasteiger partial charge in [0.05, 0.1) is 29.3 Å². The van der Waals surface area contributed by atoms with E-state index in [0.717, 1.165) is 44.0 Å². The lowest BCUT2D eigenvalue weighted by Crippen LogP contribution is -2.08. The molecule has 0 aliphatic carbocycles. The fourth-order valence-corrected chi connectivity index (χ4v) is 4.16. The molecule has 140 valence electrons. The van der Waals surface area contributed by atoms with Crippen LogP contribution in [0.5, 0.6) is 0 Å². The Morgan fingerprint density at radius 2 is 2.03 bits per heavy atom. The SMILES string of the molecule is C#Cc1ccc2c(c1)C(c1ccccc1Br)=N[C@@H](C)c1c(-c3cnco3)ncn1-2. The Labute approximate surface area is 176 Å². The first-order valence-electron chi connectivity index (χ1n) is 9.07. The molecule has 0 N–H and O–H groups in total. The number of rotatable bonds is 2. The van der Waals surface area contributed by atoms with Crippen LogP contribution in [0.15, 0.2) is 75.3 Å². The molecule has 3 heterocycles. The molecule has 0 unspecified atom stereocenters. The third-order valence-electron chi connectivity index (χ3n) is 5.00. The maximum Gasteiger partial charge on any atom is 0.181 e. The Bertz CT molecular complexity index is 1290. The quantitative estimate of drug-likeness (QED) is 0.401. The predicted molar refractivity (Wildman–Crippen MR) is 115 cm³/mol. The van der Waals surface area contributed by atoms with Crippen LogP contribution in [0.4, 0.5) is 0 Å². The Kier molecular flexibility index (Phi) is 4.18. The van der Waals surface area contributed by atoms with Gasteiger partial charge in [0.1, 0.15) is 12.0 Å². The summed E-state index contributed by atoms with van der Waals surface area (Å²) in [6, 6.07) is 13.9. The number of hydrogen-bond acceptors (Lipinski definition) is 4. The number of terminal acetylenes is 1. The van der Waals surface area contributed by atoms with Gasteiger partial charge in [-0.1, -0.05) is 40.0 Å². The number of nitrogens with zero attached hydrogens (tertiary/aromatic N) is 4. The monoisotopic (exact) mass is 442 g/mol. The summed E-state index contributed by atoms with van der Waals surface area (Å²) in [4.78, 5) is 13.7. The smallest absolute Gasteiger partial charge is 0.181 e. The van der Waals surface area contributed by atoms with E-state index in [-0.39, 0.29) is 6.04 Å². The van der Waals surface area contributed by atoms with E-state index in [2.05, 4.69) is 49.4 Å². The Hall–Kier alpha value is -3.43. The molecule has 0 saturated carbocycles. The van der Waals surface area contributed by atoms with E-state index < -0.39 is 0 Å². The number of benzene rings is 2. The van der Waals surface area contributed by atoms with E-state index in [0.29, 0.717) is 5.76 Å². The number of halogens is 1. The minimum atomic E-state index is -0.165. The van der Waals surface area contributed by atoms with Gasteiger partial charge in [0, 0.05) is 21.2 Å². The molecule has 1 aliphatic rings. The highest BCUT2D eigenvalue weighted by molar-refractivity contribution is 9.10. The summed E-state index contributed by atoms with van der Waals surface area (Å²) in [5, 5.41) is 0. The molecule has 5 rings (SSSR count). The fourth-order valence-electron chi connectivity index (χ4n) is 3.69. The number of oxazole rings is 1. The van der Waals surface area contributed by atoms with E-state index in [1.165, 1.54) is 6.39 Å². The van der Waals surface area contributed by atoms with Crippen LogP contribution >= 0.6 is 15.9 Å². The molecular formula is C23H15BrN4O. The average molecular weight is 443 g/mol. The van der Waals surface area contributed by atoms with Crippen molar-refractivity contribution in [2.24, 2.45) is 4.99 Å². The molecule has 6 heteroatoms. The molecule has 2 aromatic carbocycles. The van der Waals surface area contributed by atoms with E-state index >= 15 is 0 Å². The van der Waals surface area contributed by atoms with E-state index in [9.17, 15) is 0 Å². The summed E-state index contributed by atoms with van der Waals surface area (Å²) in [6.45, 7) is 2.05. The molecule has 29 heavy (non-hydrogen) atoms. The lowest BCUT2D eigenvalue weighted by atomic mass is 9.98. The first-order chi connectivity index (χ1) is 14.2. The van der Waals surface area contributed by atoms with Crippen molar-refractivity contribution in [1.29, 1.82) is 0 Å².